The van der Waals surface area contributed by atoms with Crippen molar-refractivity contribution in [1.82, 2.24) is 14.5 Å². The minimum Gasteiger partial charge on any atom is -0.465 e. The van der Waals surface area contributed by atoms with Gasteiger partial charge in [-0.3, -0.25) is 4.79 Å². The first-order valence-electron chi connectivity index (χ1n) is 8.91. The summed E-state index contributed by atoms with van der Waals surface area (Å²) in [5.74, 6) is -3.66. The number of aromatic nitrogens is 3. The molecule has 0 saturated heterocycles. The van der Waals surface area contributed by atoms with Gasteiger partial charge < -0.3 is 9.30 Å². The van der Waals surface area contributed by atoms with E-state index in [0.717, 1.165) is 28.0 Å². The zero-order chi connectivity index (χ0) is 20.7. The monoisotopic (exact) mass is 419 g/mol. The third-order valence-corrected chi connectivity index (χ3v) is 5.51. The van der Waals surface area contributed by atoms with Crippen LogP contribution in [0.2, 0.25) is 0 Å². The van der Waals surface area contributed by atoms with Gasteiger partial charge in [0.15, 0.2) is 11.6 Å². The average molecular weight is 419 g/mol. The van der Waals surface area contributed by atoms with Crippen LogP contribution in [0.3, 0.4) is 0 Å². The third-order valence-electron chi connectivity index (χ3n) is 4.45. The number of pyridine rings is 1. The minimum absolute atomic E-state index is 0.00486. The first-order chi connectivity index (χ1) is 13.9. The number of carbonyl (C=O) groups excluding carboxylic acids is 1. The molecule has 0 radical (unpaired) electrons. The summed E-state index contributed by atoms with van der Waals surface area (Å²) >= 11 is 0.971. The maximum atomic E-state index is 14.0. The number of nitrogens with zero attached hydrogens (tertiary/aromatic N) is 3. The lowest BCUT2D eigenvalue weighted by molar-refractivity contribution is -0.143. The summed E-state index contributed by atoms with van der Waals surface area (Å²) in [5.41, 5.74) is 1.87. The van der Waals surface area contributed by atoms with Crippen molar-refractivity contribution in [1.29, 1.82) is 0 Å². The molecule has 4 rings (SSSR count). The van der Waals surface area contributed by atoms with E-state index in [0.29, 0.717) is 16.7 Å². The molecule has 0 aliphatic rings. The molecule has 0 aliphatic carbocycles. The fraction of sp³-hybridized carbons (Fsp3) is 0.250. The molecule has 4 aromatic rings. The second-order valence-corrected chi connectivity index (χ2v) is 7.61. The van der Waals surface area contributed by atoms with Gasteiger partial charge in [-0.05, 0) is 31.5 Å². The predicted octanol–water partition coefficient (Wildman–Crippen LogP) is 4.53. The van der Waals surface area contributed by atoms with Crippen LogP contribution in [0.4, 0.5) is 13.2 Å². The number of carbonyl (C=O) groups is 1. The van der Waals surface area contributed by atoms with E-state index in [1.165, 1.54) is 0 Å². The number of halogens is 3. The van der Waals surface area contributed by atoms with Crippen LogP contribution in [0.1, 0.15) is 23.2 Å². The first-order valence-corrected chi connectivity index (χ1v) is 9.73. The normalized spacial score (nSPS) is 11.5. The van der Waals surface area contributed by atoms with E-state index in [9.17, 15) is 18.0 Å². The Kier molecular flexibility index (Phi) is 4.99. The van der Waals surface area contributed by atoms with Crippen molar-refractivity contribution in [3.8, 4) is 0 Å². The van der Waals surface area contributed by atoms with E-state index in [1.807, 2.05) is 19.1 Å². The smallest absolute Gasteiger partial charge is 0.325 e. The largest absolute Gasteiger partial charge is 0.465 e. The Morgan fingerprint density at radius 3 is 2.76 bits per heavy atom. The van der Waals surface area contributed by atoms with Crippen LogP contribution in [-0.4, -0.2) is 27.1 Å². The molecule has 0 aliphatic heterocycles. The molecule has 1 aromatic carbocycles. The third kappa shape index (κ3) is 3.57. The molecule has 0 saturated carbocycles. The van der Waals surface area contributed by atoms with Crippen molar-refractivity contribution in [2.45, 2.75) is 26.8 Å². The molecular formula is C20H16F3N3O2S. The highest BCUT2D eigenvalue weighted by Crippen LogP contribution is 2.31. The molecular weight excluding hydrogens is 403 g/mol. The lowest BCUT2D eigenvalue weighted by Gasteiger charge is -2.04. The highest BCUT2D eigenvalue weighted by atomic mass is 32.1. The van der Waals surface area contributed by atoms with E-state index in [-0.39, 0.29) is 35.8 Å². The summed E-state index contributed by atoms with van der Waals surface area (Å²) < 4.78 is 48.1. The van der Waals surface area contributed by atoms with Gasteiger partial charge in [-0.1, -0.05) is 0 Å². The highest BCUT2D eigenvalue weighted by Gasteiger charge is 2.19. The number of rotatable bonds is 5. The maximum Gasteiger partial charge on any atom is 0.325 e. The van der Waals surface area contributed by atoms with Crippen molar-refractivity contribution >= 4 is 38.6 Å². The fourth-order valence-electron chi connectivity index (χ4n) is 3.21. The molecule has 3 heterocycles. The molecule has 0 N–H and O–H groups in total. The summed E-state index contributed by atoms with van der Waals surface area (Å²) in [6.07, 6.45) is 2.02. The molecule has 150 valence electrons. The van der Waals surface area contributed by atoms with Crippen LogP contribution >= 0.6 is 11.3 Å². The highest BCUT2D eigenvalue weighted by molar-refractivity contribution is 7.18. The quantitative estimate of drug-likeness (QED) is 0.352. The lowest BCUT2D eigenvalue weighted by atomic mass is 10.1. The standard InChI is InChI=1S/C20H16F3N3O2S/c1-3-28-16(27)9-26-8-11(12-5-4-10(2)24-20(12)26)6-15-25-18-17(23)13(21)7-14(22)19(18)29-15/h4-5,7-8H,3,6,9H2,1-2H3. The average Bonchev–Trinajstić information content (AvgIpc) is 3.23. The minimum atomic E-state index is -1.27. The van der Waals surface area contributed by atoms with Gasteiger partial charge >= 0.3 is 5.97 Å². The molecule has 0 atom stereocenters. The van der Waals surface area contributed by atoms with Gasteiger partial charge in [-0.15, -0.1) is 11.3 Å². The van der Waals surface area contributed by atoms with E-state index in [4.69, 9.17) is 4.74 Å². The number of esters is 1. The molecule has 0 fully saturated rings. The van der Waals surface area contributed by atoms with Gasteiger partial charge in [0.25, 0.3) is 0 Å². The predicted molar refractivity (Wildman–Crippen MR) is 103 cm³/mol. The molecule has 9 heteroatoms. The summed E-state index contributed by atoms with van der Waals surface area (Å²) in [6, 6.07) is 4.24. The Labute approximate surface area is 167 Å². The van der Waals surface area contributed by atoms with Crippen LogP contribution in [0.5, 0.6) is 0 Å². The van der Waals surface area contributed by atoms with Gasteiger partial charge in [-0.25, -0.2) is 23.1 Å². The second kappa shape index (κ2) is 7.47. The van der Waals surface area contributed by atoms with Gasteiger partial charge in [-0.2, -0.15) is 0 Å². The second-order valence-electron chi connectivity index (χ2n) is 6.53. The number of benzene rings is 1. The van der Waals surface area contributed by atoms with Crippen LogP contribution in [0.25, 0.3) is 21.3 Å². The summed E-state index contributed by atoms with van der Waals surface area (Å²) in [5, 5.41) is 1.23. The Hall–Kier alpha value is -2.94. The number of fused-ring (bicyclic) bond motifs is 2. The van der Waals surface area contributed by atoms with Crippen molar-refractivity contribution in [3.05, 3.63) is 58.1 Å². The van der Waals surface area contributed by atoms with Gasteiger partial charge in [0.05, 0.1) is 16.3 Å². The van der Waals surface area contributed by atoms with Crippen LogP contribution < -0.4 is 0 Å². The molecule has 5 nitrogen and oxygen atoms in total. The van der Waals surface area contributed by atoms with Crippen LogP contribution in [-0.2, 0) is 22.5 Å². The lowest BCUT2D eigenvalue weighted by Crippen LogP contribution is -2.13. The van der Waals surface area contributed by atoms with Crippen LogP contribution in [0.15, 0.2) is 24.4 Å². The Morgan fingerprint density at radius 2 is 2.00 bits per heavy atom. The van der Waals surface area contributed by atoms with Gasteiger partial charge in [0, 0.05) is 29.8 Å². The van der Waals surface area contributed by atoms with Crippen LogP contribution in [0, 0.1) is 24.4 Å². The molecule has 3 aromatic heterocycles. The van der Waals surface area contributed by atoms with Gasteiger partial charge in [0.1, 0.15) is 23.5 Å². The maximum absolute atomic E-state index is 14.0. The number of hydrogen-bond acceptors (Lipinski definition) is 5. The van der Waals surface area contributed by atoms with E-state index < -0.39 is 17.5 Å². The SMILES string of the molecule is CCOC(=O)Cn1cc(Cc2nc3c(F)c(F)cc(F)c3s2)c2ccc(C)nc21. The summed E-state index contributed by atoms with van der Waals surface area (Å²) in [4.78, 5) is 20.5. The van der Waals surface area contributed by atoms with Crippen molar-refractivity contribution in [2.24, 2.45) is 0 Å². The molecule has 0 spiro atoms. The van der Waals surface area contributed by atoms with E-state index in [2.05, 4.69) is 9.97 Å². The number of aryl methyl sites for hydroxylation is 1. The van der Waals surface area contributed by atoms with Crippen molar-refractivity contribution in [2.75, 3.05) is 6.61 Å². The fourth-order valence-corrected chi connectivity index (χ4v) is 4.19. The molecule has 0 unspecified atom stereocenters. The Bertz CT molecular complexity index is 1250. The van der Waals surface area contributed by atoms with E-state index in [1.54, 1.807) is 17.7 Å². The topological polar surface area (TPSA) is 57.0 Å². The number of thiazole rings is 1. The molecule has 0 bridgehead atoms. The number of hydrogen-bond donors (Lipinski definition) is 0. The molecule has 29 heavy (non-hydrogen) atoms. The zero-order valence-electron chi connectivity index (χ0n) is 15.6. The number of ether oxygens (including phenoxy) is 1. The summed E-state index contributed by atoms with van der Waals surface area (Å²) in [7, 11) is 0. The Balaban J connectivity index is 1.76. The van der Waals surface area contributed by atoms with E-state index >= 15 is 0 Å². The van der Waals surface area contributed by atoms with Crippen molar-refractivity contribution in [3.63, 3.8) is 0 Å². The summed E-state index contributed by atoms with van der Waals surface area (Å²) in [6.45, 7) is 3.84. The van der Waals surface area contributed by atoms with Crippen molar-refractivity contribution < 1.29 is 22.7 Å². The Morgan fingerprint density at radius 1 is 1.21 bits per heavy atom. The first kappa shape index (κ1) is 19.4. The zero-order valence-corrected chi connectivity index (χ0v) is 16.4. The molecule has 0 amide bonds. The van der Waals surface area contributed by atoms with Gasteiger partial charge in [0.2, 0.25) is 0 Å².